The molecule has 1 aliphatic carbocycles. The van der Waals surface area contributed by atoms with Gasteiger partial charge in [0.1, 0.15) is 5.60 Å². The summed E-state index contributed by atoms with van der Waals surface area (Å²) in [6, 6.07) is 10.0. The zero-order valence-corrected chi connectivity index (χ0v) is 14.3. The maximum absolute atomic E-state index is 12.9. The molecular weight excluding hydrogens is 302 g/mol. The minimum absolute atomic E-state index is 0.0368. The molecule has 2 aliphatic heterocycles. The Morgan fingerprint density at radius 3 is 2.62 bits per heavy atom. The molecule has 4 heteroatoms. The predicted octanol–water partition coefficient (Wildman–Crippen LogP) is 2.40. The van der Waals surface area contributed by atoms with Crippen LogP contribution in [0.25, 0.3) is 0 Å². The van der Waals surface area contributed by atoms with Gasteiger partial charge in [-0.05, 0) is 24.8 Å². The largest absolute Gasteiger partial charge is 0.384 e. The van der Waals surface area contributed by atoms with Crippen LogP contribution in [0.2, 0.25) is 0 Å². The molecular formula is C20H26NO3+. The van der Waals surface area contributed by atoms with E-state index in [0.29, 0.717) is 24.0 Å². The number of fused-ring (bicyclic) bond motifs is 3. The normalized spacial score (nSPS) is 42.3. The van der Waals surface area contributed by atoms with Crippen LogP contribution in [0, 0.1) is 11.8 Å². The Labute approximate surface area is 143 Å². The second kappa shape index (κ2) is 5.50. The molecule has 24 heavy (non-hydrogen) atoms. The Morgan fingerprint density at radius 1 is 1.17 bits per heavy atom. The average Bonchev–Trinajstić information content (AvgIpc) is 2.63. The first kappa shape index (κ1) is 16.0. The van der Waals surface area contributed by atoms with Crippen molar-refractivity contribution in [3.05, 3.63) is 35.9 Å². The highest BCUT2D eigenvalue weighted by Crippen LogP contribution is 2.46. The second-order valence-electron chi connectivity index (χ2n) is 8.07. The molecule has 1 aromatic rings. The van der Waals surface area contributed by atoms with Crippen molar-refractivity contribution in [2.24, 2.45) is 11.8 Å². The van der Waals surface area contributed by atoms with Crippen molar-refractivity contribution in [3.63, 3.8) is 0 Å². The minimum Gasteiger partial charge on any atom is -0.384 e. The summed E-state index contributed by atoms with van der Waals surface area (Å²) in [7, 11) is 0. The Hall–Kier alpha value is -1.52. The van der Waals surface area contributed by atoms with Gasteiger partial charge in [0.25, 0.3) is 5.78 Å². The van der Waals surface area contributed by atoms with Crippen LogP contribution in [0.1, 0.15) is 44.6 Å². The maximum atomic E-state index is 12.9. The highest BCUT2D eigenvalue weighted by Gasteiger charge is 2.60. The van der Waals surface area contributed by atoms with E-state index in [-0.39, 0.29) is 29.6 Å². The molecule has 2 bridgehead atoms. The lowest BCUT2D eigenvalue weighted by Gasteiger charge is -2.54. The van der Waals surface area contributed by atoms with E-state index in [1.807, 2.05) is 37.3 Å². The summed E-state index contributed by atoms with van der Waals surface area (Å²) >= 11 is 0. The monoisotopic (exact) mass is 328 g/mol. The molecule has 0 aromatic heterocycles. The fourth-order valence-corrected chi connectivity index (χ4v) is 5.43. The zero-order chi connectivity index (χ0) is 16.9. The van der Waals surface area contributed by atoms with Crippen molar-refractivity contribution in [3.8, 4) is 0 Å². The van der Waals surface area contributed by atoms with Crippen LogP contribution < -0.4 is 0 Å². The highest BCUT2D eigenvalue weighted by atomic mass is 16.3. The van der Waals surface area contributed by atoms with Gasteiger partial charge in [0, 0.05) is 24.7 Å². The number of hydrogen-bond acceptors (Lipinski definition) is 3. The first-order valence-electron chi connectivity index (χ1n) is 9.21. The number of carbonyl (C=O) groups is 2. The number of ketones is 1. The van der Waals surface area contributed by atoms with Crippen LogP contribution in [0.15, 0.2) is 30.3 Å². The molecule has 1 amide bonds. The third-order valence-electron chi connectivity index (χ3n) is 6.91. The molecule has 4 nitrogen and oxygen atoms in total. The molecule has 1 spiro atoms. The van der Waals surface area contributed by atoms with Crippen LogP contribution in [-0.2, 0) is 15.2 Å². The maximum Gasteiger partial charge on any atom is 0.382 e. The number of hydrogen-bond donors (Lipinski definition) is 1. The highest BCUT2D eigenvalue weighted by molar-refractivity contribution is 6.34. The lowest BCUT2D eigenvalue weighted by atomic mass is 9.71. The fraction of sp³-hybridized carbons (Fsp3) is 0.600. The first-order valence-corrected chi connectivity index (χ1v) is 9.21. The van der Waals surface area contributed by atoms with E-state index in [9.17, 15) is 14.7 Å². The molecule has 3 aliphatic rings. The smallest absolute Gasteiger partial charge is 0.382 e. The summed E-state index contributed by atoms with van der Waals surface area (Å²) in [6.45, 7) is 3.18. The number of nitrogens with zero attached hydrogens (tertiary/aromatic N) is 1. The molecule has 128 valence electrons. The van der Waals surface area contributed by atoms with E-state index in [0.717, 1.165) is 31.2 Å². The van der Waals surface area contributed by atoms with Crippen molar-refractivity contribution in [2.45, 2.75) is 50.7 Å². The zero-order valence-electron chi connectivity index (χ0n) is 14.3. The first-order chi connectivity index (χ1) is 11.5. The van der Waals surface area contributed by atoms with Crippen molar-refractivity contribution in [2.75, 3.05) is 13.1 Å². The Morgan fingerprint density at radius 2 is 1.92 bits per heavy atom. The van der Waals surface area contributed by atoms with Crippen LogP contribution in [-0.4, -0.2) is 40.4 Å². The van der Waals surface area contributed by atoms with Gasteiger partial charge in [-0.2, -0.15) is 0 Å². The van der Waals surface area contributed by atoms with Crippen LogP contribution in [0.5, 0.6) is 0 Å². The molecule has 5 atom stereocenters. The van der Waals surface area contributed by atoms with E-state index < -0.39 is 5.60 Å². The average molecular weight is 328 g/mol. The predicted molar refractivity (Wildman–Crippen MR) is 89.9 cm³/mol. The van der Waals surface area contributed by atoms with Crippen molar-refractivity contribution in [1.29, 1.82) is 0 Å². The summed E-state index contributed by atoms with van der Waals surface area (Å²) in [6.07, 6.45) is 4.36. The third-order valence-corrected chi connectivity index (χ3v) is 6.91. The van der Waals surface area contributed by atoms with Gasteiger partial charge in [-0.1, -0.05) is 37.3 Å². The lowest BCUT2D eigenvalue weighted by molar-refractivity contribution is -0.892. The van der Waals surface area contributed by atoms with E-state index in [2.05, 4.69) is 0 Å². The Bertz CT molecular complexity index is 673. The SMILES string of the molecule is CC1C[N+]2(CCC1(O)c1ccccc1)C(=O)C(=O)C1CCCC2C1. The van der Waals surface area contributed by atoms with Crippen LogP contribution in [0.4, 0.5) is 0 Å². The second-order valence-corrected chi connectivity index (χ2v) is 8.07. The molecule has 1 saturated carbocycles. The minimum atomic E-state index is -0.903. The number of piperidine rings is 2. The summed E-state index contributed by atoms with van der Waals surface area (Å²) in [5, 5.41) is 11.3. The van der Waals surface area contributed by atoms with Crippen molar-refractivity contribution >= 4 is 11.7 Å². The number of benzene rings is 1. The van der Waals surface area contributed by atoms with Gasteiger partial charge >= 0.3 is 5.91 Å². The van der Waals surface area contributed by atoms with Gasteiger partial charge in [0.2, 0.25) is 0 Å². The van der Waals surface area contributed by atoms with Crippen molar-refractivity contribution < 1.29 is 19.2 Å². The van der Waals surface area contributed by atoms with Gasteiger partial charge in [-0.15, -0.1) is 0 Å². The van der Waals surface area contributed by atoms with E-state index in [1.165, 1.54) is 0 Å². The van der Waals surface area contributed by atoms with Gasteiger partial charge < -0.3 is 5.11 Å². The van der Waals surface area contributed by atoms with Gasteiger partial charge in [-0.25, -0.2) is 4.79 Å². The van der Waals surface area contributed by atoms with Gasteiger partial charge in [-0.3, -0.25) is 9.28 Å². The molecule has 3 fully saturated rings. The lowest BCUT2D eigenvalue weighted by Crippen LogP contribution is -2.72. The molecule has 1 N–H and O–H groups in total. The van der Waals surface area contributed by atoms with Crippen LogP contribution >= 0.6 is 0 Å². The summed E-state index contributed by atoms with van der Waals surface area (Å²) < 4.78 is 0.297. The van der Waals surface area contributed by atoms with E-state index in [4.69, 9.17) is 0 Å². The summed E-state index contributed by atoms with van der Waals surface area (Å²) in [4.78, 5) is 25.5. The molecule has 5 unspecified atom stereocenters. The number of carbonyl (C=O) groups excluding carboxylic acids is 2. The quantitative estimate of drug-likeness (QED) is 0.636. The summed E-state index contributed by atoms with van der Waals surface area (Å²) in [5.74, 6) is -0.421. The number of Topliss-reactive ketones (excluding diaryl/α,β-unsaturated/α-hetero) is 1. The molecule has 2 saturated heterocycles. The standard InChI is InChI=1S/C20H26NO3/c1-14-13-21(11-10-20(14,24)16-7-3-2-4-8-16)17-9-5-6-15(12-17)18(22)19(21)23/h2-4,7-8,14-15,17,24H,5-6,9-13H2,1H3/q+1. The molecule has 0 radical (unpaired) electrons. The fourth-order valence-electron chi connectivity index (χ4n) is 5.43. The van der Waals surface area contributed by atoms with Gasteiger partial charge in [0.15, 0.2) is 0 Å². The Kier molecular flexibility index (Phi) is 3.66. The van der Waals surface area contributed by atoms with E-state index in [1.54, 1.807) is 0 Å². The number of quaternary nitrogens is 1. The van der Waals surface area contributed by atoms with E-state index >= 15 is 0 Å². The van der Waals surface area contributed by atoms with Crippen molar-refractivity contribution in [1.82, 2.24) is 0 Å². The number of rotatable bonds is 1. The number of amides is 1. The molecule has 4 rings (SSSR count). The number of aliphatic hydroxyl groups is 1. The third kappa shape index (κ3) is 2.12. The molecule has 1 aromatic carbocycles. The topological polar surface area (TPSA) is 54.4 Å². The van der Waals surface area contributed by atoms with Gasteiger partial charge in [0.05, 0.1) is 19.1 Å². The van der Waals surface area contributed by atoms with Crippen LogP contribution in [0.3, 0.4) is 0 Å². The molecule has 2 heterocycles. The Balaban J connectivity index is 1.66. The summed E-state index contributed by atoms with van der Waals surface area (Å²) in [5.41, 5.74) is 0.0206.